The summed E-state index contributed by atoms with van der Waals surface area (Å²) in [6.45, 7) is 4.17. The summed E-state index contributed by atoms with van der Waals surface area (Å²) in [7, 11) is 0. The van der Waals surface area contributed by atoms with Crippen LogP contribution < -0.4 is 0 Å². The lowest BCUT2D eigenvalue weighted by molar-refractivity contribution is -0.128. The molecule has 0 radical (unpaired) electrons. The number of hydrogen-bond donors (Lipinski definition) is 0. The quantitative estimate of drug-likeness (QED) is 0.421. The summed E-state index contributed by atoms with van der Waals surface area (Å²) in [5.74, 6) is 0.729. The predicted octanol–water partition coefficient (Wildman–Crippen LogP) is 4.37. The first-order chi connectivity index (χ1) is 15.1. The van der Waals surface area contributed by atoms with Gasteiger partial charge in [0, 0.05) is 35.8 Å². The normalized spacial score (nSPS) is 11.3. The van der Waals surface area contributed by atoms with Gasteiger partial charge in [-0.2, -0.15) is 0 Å². The average molecular weight is 413 g/mol. The Kier molecular flexibility index (Phi) is 6.03. The molecular formula is C24H23N5O2. The second kappa shape index (κ2) is 9.21. The number of carbonyl (C=O) groups is 1. The summed E-state index contributed by atoms with van der Waals surface area (Å²) in [4.78, 5) is 18.6. The van der Waals surface area contributed by atoms with E-state index < -0.39 is 0 Å². The Morgan fingerprint density at radius 2 is 1.87 bits per heavy atom. The number of nitrogens with zero attached hydrogens (tertiary/aromatic N) is 5. The Morgan fingerprint density at radius 1 is 1.10 bits per heavy atom. The molecule has 0 aliphatic heterocycles. The van der Waals surface area contributed by atoms with Gasteiger partial charge < -0.3 is 13.9 Å². The van der Waals surface area contributed by atoms with E-state index >= 15 is 0 Å². The third kappa shape index (κ3) is 4.95. The van der Waals surface area contributed by atoms with Crippen LogP contribution in [-0.2, 0) is 11.3 Å². The third-order valence-corrected chi connectivity index (χ3v) is 4.81. The van der Waals surface area contributed by atoms with E-state index in [1.54, 1.807) is 29.6 Å². The summed E-state index contributed by atoms with van der Waals surface area (Å²) >= 11 is 0. The van der Waals surface area contributed by atoms with E-state index in [1.165, 1.54) is 0 Å². The van der Waals surface area contributed by atoms with E-state index in [1.807, 2.05) is 79.2 Å². The van der Waals surface area contributed by atoms with Crippen molar-refractivity contribution < 1.29 is 9.21 Å². The number of rotatable bonds is 7. The molecule has 0 atom stereocenters. The van der Waals surface area contributed by atoms with Gasteiger partial charge in [-0.25, -0.2) is 4.98 Å². The van der Waals surface area contributed by atoms with Crippen LogP contribution >= 0.6 is 0 Å². The lowest BCUT2D eigenvalue weighted by Crippen LogP contribution is -2.35. The van der Waals surface area contributed by atoms with Crippen molar-refractivity contribution in [2.45, 2.75) is 26.4 Å². The lowest BCUT2D eigenvalue weighted by atomic mass is 10.2. The molecule has 0 saturated heterocycles. The maximum atomic E-state index is 12.8. The van der Waals surface area contributed by atoms with Crippen LogP contribution in [0.25, 0.3) is 23.2 Å². The minimum absolute atomic E-state index is 0.0205. The van der Waals surface area contributed by atoms with Crippen molar-refractivity contribution in [3.63, 3.8) is 0 Å². The number of benzene rings is 2. The van der Waals surface area contributed by atoms with E-state index in [0.717, 1.165) is 16.8 Å². The summed E-state index contributed by atoms with van der Waals surface area (Å²) in [5.41, 5.74) is 2.79. The molecular weight excluding hydrogens is 390 g/mol. The second-order valence-electron chi connectivity index (χ2n) is 7.32. The number of imidazole rings is 1. The Hall–Kier alpha value is -4.00. The molecule has 0 unspecified atom stereocenters. The molecule has 0 saturated carbocycles. The van der Waals surface area contributed by atoms with E-state index in [2.05, 4.69) is 15.2 Å². The molecule has 0 bridgehead atoms. The van der Waals surface area contributed by atoms with Crippen LogP contribution in [0.3, 0.4) is 0 Å². The lowest BCUT2D eigenvalue weighted by Gasteiger charge is -2.23. The Balaban J connectivity index is 1.43. The maximum Gasteiger partial charge on any atom is 0.247 e. The molecule has 31 heavy (non-hydrogen) atoms. The highest BCUT2D eigenvalue weighted by Crippen LogP contribution is 2.18. The SMILES string of the molecule is CC(C)N(Cc1nnc(-c2ccccc2)o1)C(=O)/C=C/c1ccc(-n2ccnc2)cc1. The highest BCUT2D eigenvalue weighted by molar-refractivity contribution is 5.91. The van der Waals surface area contributed by atoms with Crippen molar-refractivity contribution in [3.8, 4) is 17.1 Å². The van der Waals surface area contributed by atoms with Crippen LogP contribution in [0.2, 0.25) is 0 Å². The first-order valence-corrected chi connectivity index (χ1v) is 10.0. The summed E-state index contributed by atoms with van der Waals surface area (Å²) in [6, 6.07) is 17.4. The van der Waals surface area contributed by atoms with Crippen LogP contribution in [-0.4, -0.2) is 36.6 Å². The first kappa shape index (κ1) is 20.3. The van der Waals surface area contributed by atoms with Crippen molar-refractivity contribution in [1.29, 1.82) is 0 Å². The second-order valence-corrected chi connectivity index (χ2v) is 7.32. The molecule has 4 aromatic rings. The fourth-order valence-electron chi connectivity index (χ4n) is 3.11. The van der Waals surface area contributed by atoms with E-state index in [9.17, 15) is 4.79 Å². The average Bonchev–Trinajstić information content (AvgIpc) is 3.49. The molecule has 4 rings (SSSR count). The zero-order valence-electron chi connectivity index (χ0n) is 17.4. The van der Waals surface area contributed by atoms with Gasteiger partial charge in [0.05, 0.1) is 12.9 Å². The maximum absolute atomic E-state index is 12.8. The molecule has 0 N–H and O–H groups in total. The minimum atomic E-state index is -0.117. The van der Waals surface area contributed by atoms with E-state index in [-0.39, 0.29) is 18.5 Å². The molecule has 2 aromatic heterocycles. The molecule has 0 fully saturated rings. The number of amides is 1. The van der Waals surface area contributed by atoms with Gasteiger partial charge in [-0.1, -0.05) is 30.3 Å². The predicted molar refractivity (Wildman–Crippen MR) is 118 cm³/mol. The molecule has 7 nitrogen and oxygen atoms in total. The summed E-state index contributed by atoms with van der Waals surface area (Å²) in [6.07, 6.45) is 8.74. The van der Waals surface area contributed by atoms with Crippen molar-refractivity contribution in [3.05, 3.63) is 90.8 Å². The van der Waals surface area contributed by atoms with Gasteiger partial charge in [-0.05, 0) is 49.8 Å². The monoisotopic (exact) mass is 413 g/mol. The molecule has 0 aliphatic carbocycles. The fraction of sp³-hybridized carbons (Fsp3) is 0.167. The molecule has 2 aromatic carbocycles. The topological polar surface area (TPSA) is 77.0 Å². The van der Waals surface area contributed by atoms with Crippen molar-refractivity contribution in [2.24, 2.45) is 0 Å². The van der Waals surface area contributed by atoms with Crippen LogP contribution in [0.15, 0.2) is 83.8 Å². The van der Waals surface area contributed by atoms with Gasteiger partial charge in [0.1, 0.15) is 0 Å². The third-order valence-electron chi connectivity index (χ3n) is 4.81. The van der Waals surface area contributed by atoms with Crippen molar-refractivity contribution >= 4 is 12.0 Å². The fourth-order valence-corrected chi connectivity index (χ4v) is 3.11. The van der Waals surface area contributed by atoms with Gasteiger partial charge in [0.25, 0.3) is 0 Å². The van der Waals surface area contributed by atoms with Crippen LogP contribution in [0.4, 0.5) is 0 Å². The first-order valence-electron chi connectivity index (χ1n) is 10.0. The van der Waals surface area contributed by atoms with Crippen LogP contribution in [0.1, 0.15) is 25.3 Å². The van der Waals surface area contributed by atoms with Gasteiger partial charge in [-0.3, -0.25) is 4.79 Å². The smallest absolute Gasteiger partial charge is 0.247 e. The van der Waals surface area contributed by atoms with E-state index in [0.29, 0.717) is 11.8 Å². The number of carbonyl (C=O) groups excluding carboxylic acids is 1. The standard InChI is InChI=1S/C24H23N5O2/c1-18(2)29(16-22-26-27-24(31-22)20-6-4-3-5-7-20)23(30)13-10-19-8-11-21(12-9-19)28-15-14-25-17-28/h3-15,17-18H,16H2,1-2H3/b13-10+. The Morgan fingerprint density at radius 3 is 2.55 bits per heavy atom. The van der Waals surface area contributed by atoms with Crippen molar-refractivity contribution in [1.82, 2.24) is 24.6 Å². The van der Waals surface area contributed by atoms with Gasteiger partial charge in [0.15, 0.2) is 0 Å². The molecule has 2 heterocycles. The Bertz CT molecular complexity index is 1150. The molecule has 0 spiro atoms. The summed E-state index contributed by atoms with van der Waals surface area (Å²) in [5, 5.41) is 8.21. The Labute approximate surface area is 180 Å². The largest absolute Gasteiger partial charge is 0.419 e. The van der Waals surface area contributed by atoms with E-state index in [4.69, 9.17) is 4.42 Å². The minimum Gasteiger partial charge on any atom is -0.419 e. The molecule has 156 valence electrons. The zero-order valence-corrected chi connectivity index (χ0v) is 17.4. The highest BCUT2D eigenvalue weighted by atomic mass is 16.4. The van der Waals surface area contributed by atoms with Crippen molar-refractivity contribution in [2.75, 3.05) is 0 Å². The molecule has 0 aliphatic rings. The van der Waals surface area contributed by atoms with Gasteiger partial charge >= 0.3 is 0 Å². The highest BCUT2D eigenvalue weighted by Gasteiger charge is 2.19. The molecule has 7 heteroatoms. The van der Waals surface area contributed by atoms with Crippen LogP contribution in [0, 0.1) is 0 Å². The molecule has 1 amide bonds. The zero-order chi connectivity index (χ0) is 21.6. The number of aromatic nitrogens is 4. The van der Waals surface area contributed by atoms with Gasteiger partial charge in [-0.15, -0.1) is 10.2 Å². The summed E-state index contributed by atoms with van der Waals surface area (Å²) < 4.78 is 7.69. The van der Waals surface area contributed by atoms with Gasteiger partial charge in [0.2, 0.25) is 17.7 Å². The van der Waals surface area contributed by atoms with Crippen LogP contribution in [0.5, 0.6) is 0 Å². The number of hydrogen-bond acceptors (Lipinski definition) is 5.